The maximum Gasteiger partial charge on any atom is 0.230 e. The van der Waals surface area contributed by atoms with E-state index in [2.05, 4.69) is 54.6 Å². The zero-order valence-electron chi connectivity index (χ0n) is 24.4. The molecule has 0 atom stereocenters. The minimum atomic E-state index is 0.190. The molecule has 0 aromatic carbocycles. The number of halogens is 1. The van der Waals surface area contributed by atoms with Gasteiger partial charge in [0.1, 0.15) is 0 Å². The van der Waals surface area contributed by atoms with E-state index in [1.165, 1.54) is 22.3 Å². The first kappa shape index (κ1) is 30.0. The molecule has 0 spiro atoms. The molecule has 38 heavy (non-hydrogen) atoms. The van der Waals surface area contributed by atoms with Crippen LogP contribution in [0.1, 0.15) is 96.5 Å². The van der Waals surface area contributed by atoms with E-state index in [9.17, 15) is 4.79 Å². The molecular formula is C31H43ClN4O2. The van der Waals surface area contributed by atoms with Crippen LogP contribution < -0.4 is 4.74 Å². The third kappa shape index (κ3) is 6.52. The first-order valence-electron chi connectivity index (χ1n) is 14.1. The number of likely N-dealkylation sites (N-methyl/N-ethyl adjacent to an activating group) is 1. The van der Waals surface area contributed by atoms with Crippen LogP contribution in [-0.2, 0) is 24.2 Å². The summed E-state index contributed by atoms with van der Waals surface area (Å²) in [5, 5.41) is 0.190. The van der Waals surface area contributed by atoms with Crippen LogP contribution in [0.4, 0.5) is 0 Å². The van der Waals surface area contributed by atoms with Crippen molar-refractivity contribution in [3.05, 3.63) is 56.7 Å². The average molecular weight is 539 g/mol. The van der Waals surface area contributed by atoms with Gasteiger partial charge in [0.2, 0.25) is 17.0 Å². The monoisotopic (exact) mass is 538 g/mol. The Morgan fingerprint density at radius 2 is 1.89 bits per heavy atom. The second kappa shape index (κ2) is 13.5. The molecule has 0 bridgehead atoms. The lowest BCUT2D eigenvalue weighted by Gasteiger charge is -2.29. The highest BCUT2D eigenvalue weighted by atomic mass is 35.5. The molecule has 7 heteroatoms. The van der Waals surface area contributed by atoms with Crippen molar-refractivity contribution in [1.29, 1.82) is 0 Å². The van der Waals surface area contributed by atoms with Crippen LogP contribution in [0.3, 0.4) is 0 Å². The molecule has 2 aromatic heterocycles. The molecule has 3 heterocycles. The number of hydrogen-bond donors (Lipinski definition) is 0. The second-order valence-electron chi connectivity index (χ2n) is 10.2. The fourth-order valence-electron chi connectivity index (χ4n) is 5.46. The summed E-state index contributed by atoms with van der Waals surface area (Å²) in [5.74, 6) is 1.43. The number of ketones is 1. The minimum absolute atomic E-state index is 0.190. The van der Waals surface area contributed by atoms with Crippen LogP contribution in [0.2, 0.25) is 5.28 Å². The Hall–Kier alpha value is -2.57. The van der Waals surface area contributed by atoms with Gasteiger partial charge in [-0.05, 0) is 73.0 Å². The third-order valence-electron chi connectivity index (χ3n) is 7.14. The van der Waals surface area contributed by atoms with Crippen molar-refractivity contribution in [1.82, 2.24) is 19.9 Å². The van der Waals surface area contributed by atoms with Gasteiger partial charge in [0.05, 0.1) is 11.3 Å². The molecule has 4 rings (SSSR count). The summed E-state index contributed by atoms with van der Waals surface area (Å²) in [4.78, 5) is 28.8. The third-order valence-corrected chi connectivity index (χ3v) is 7.31. The highest BCUT2D eigenvalue weighted by Crippen LogP contribution is 2.42. The van der Waals surface area contributed by atoms with Crippen LogP contribution in [0.5, 0.6) is 11.8 Å². The van der Waals surface area contributed by atoms with Crippen molar-refractivity contribution >= 4 is 23.0 Å². The lowest BCUT2D eigenvalue weighted by molar-refractivity contribution is -0.115. The Kier molecular flexibility index (Phi) is 10.6. The first-order chi connectivity index (χ1) is 18.2. The molecule has 0 saturated carbocycles. The Balaban J connectivity index is 0.00000195. The van der Waals surface area contributed by atoms with Gasteiger partial charge in [0.25, 0.3) is 0 Å². The van der Waals surface area contributed by atoms with Gasteiger partial charge in [-0.2, -0.15) is 4.98 Å². The number of nitrogens with zero attached hydrogens (tertiary/aromatic N) is 4. The molecule has 206 valence electrons. The summed E-state index contributed by atoms with van der Waals surface area (Å²) in [5.41, 5.74) is 8.74. The first-order valence-corrected chi connectivity index (χ1v) is 14.5. The number of pyridine rings is 1. The molecule has 0 fully saturated rings. The van der Waals surface area contributed by atoms with Gasteiger partial charge in [-0.25, -0.2) is 9.97 Å². The summed E-state index contributed by atoms with van der Waals surface area (Å²) in [6.45, 7) is 16.3. The molecule has 2 aliphatic rings. The molecular weight excluding hydrogens is 496 g/mol. The van der Waals surface area contributed by atoms with E-state index in [1.807, 2.05) is 33.0 Å². The molecule has 0 radical (unpaired) electrons. The van der Waals surface area contributed by atoms with E-state index in [1.54, 1.807) is 0 Å². The zero-order chi connectivity index (χ0) is 28.0. The van der Waals surface area contributed by atoms with Gasteiger partial charge >= 0.3 is 0 Å². The summed E-state index contributed by atoms with van der Waals surface area (Å²) < 4.78 is 6.28. The number of carbonyl (C=O) groups is 1. The minimum Gasteiger partial charge on any atom is -0.420 e. The number of allylic oxidation sites excluding steroid dienone is 4. The maximum atomic E-state index is 13.2. The predicted octanol–water partition coefficient (Wildman–Crippen LogP) is 7.78. The second-order valence-corrected chi connectivity index (χ2v) is 10.6. The Bertz CT molecular complexity index is 1230. The molecule has 0 amide bonds. The summed E-state index contributed by atoms with van der Waals surface area (Å²) in [6.07, 6.45) is 6.90. The van der Waals surface area contributed by atoms with E-state index in [-0.39, 0.29) is 17.0 Å². The van der Waals surface area contributed by atoms with Gasteiger partial charge < -0.3 is 9.64 Å². The van der Waals surface area contributed by atoms with Gasteiger partial charge in [0.15, 0.2) is 5.78 Å². The number of rotatable bonds is 8. The van der Waals surface area contributed by atoms with Crippen LogP contribution in [-0.4, -0.2) is 39.2 Å². The number of aryl methyl sites for hydroxylation is 1. The Labute approximate surface area is 233 Å². The smallest absolute Gasteiger partial charge is 0.230 e. The van der Waals surface area contributed by atoms with Crippen LogP contribution in [0.15, 0.2) is 29.0 Å². The summed E-state index contributed by atoms with van der Waals surface area (Å²) >= 11 is 6.24. The molecule has 0 unspecified atom stereocenters. The fourth-order valence-corrected chi connectivity index (χ4v) is 5.64. The van der Waals surface area contributed by atoms with Crippen molar-refractivity contribution in [3.8, 4) is 11.8 Å². The number of Topliss-reactive ketones (excluding diaryl/α,β-unsaturated/α-hetero) is 1. The van der Waals surface area contributed by atoms with Crippen molar-refractivity contribution in [2.24, 2.45) is 5.92 Å². The van der Waals surface area contributed by atoms with E-state index in [0.29, 0.717) is 24.7 Å². The molecule has 0 N–H and O–H groups in total. The average Bonchev–Trinajstić information content (AvgIpc) is 2.90. The molecule has 6 nitrogen and oxygen atoms in total. The lowest BCUT2D eigenvalue weighted by atomic mass is 9.76. The Morgan fingerprint density at radius 1 is 1.16 bits per heavy atom. The summed E-state index contributed by atoms with van der Waals surface area (Å²) in [6, 6.07) is 2.02. The lowest BCUT2D eigenvalue weighted by Crippen LogP contribution is -2.28. The van der Waals surface area contributed by atoms with Crippen LogP contribution >= 0.6 is 11.6 Å². The standard InChI is InChI=1S/C29H37ClN4O2.C2H6/c1-7-9-18(5)27(24(35)8-2)20-11-10-19-15-31-25(14-21(19)26(20)17(3)4)36-28-22-16-34(6)13-12-23(22)32-29(30)33-28;1-2/h14-15,17H,7-13,16H2,1-6H3;1-2H3/b27-18-;. The van der Waals surface area contributed by atoms with Crippen molar-refractivity contribution in [2.45, 2.75) is 93.5 Å². The topological polar surface area (TPSA) is 68.2 Å². The van der Waals surface area contributed by atoms with Crippen molar-refractivity contribution in [3.63, 3.8) is 0 Å². The van der Waals surface area contributed by atoms with Gasteiger partial charge in [-0.3, -0.25) is 4.79 Å². The quantitative estimate of drug-likeness (QED) is 0.252. The fraction of sp³-hybridized carbons (Fsp3) is 0.548. The predicted molar refractivity (Wildman–Crippen MR) is 156 cm³/mol. The number of aromatic nitrogens is 3. The number of carbonyl (C=O) groups excluding carboxylic acids is 1. The van der Waals surface area contributed by atoms with Gasteiger partial charge in [-0.15, -0.1) is 0 Å². The van der Waals surface area contributed by atoms with Crippen molar-refractivity contribution in [2.75, 3.05) is 13.6 Å². The SMILES string of the molecule is CC.CCC/C(C)=C(\C(=O)CC)C1=C(C(C)C)c2cc(Oc3nc(Cl)nc4c3CN(C)CC4)ncc2CC1. The van der Waals surface area contributed by atoms with Gasteiger partial charge in [0, 0.05) is 43.8 Å². The highest BCUT2D eigenvalue weighted by molar-refractivity contribution is 6.28. The molecule has 2 aromatic rings. The van der Waals surface area contributed by atoms with E-state index < -0.39 is 0 Å². The number of ether oxygens (including phenoxy) is 1. The summed E-state index contributed by atoms with van der Waals surface area (Å²) in [7, 11) is 2.07. The normalized spacial score (nSPS) is 15.8. The van der Waals surface area contributed by atoms with E-state index in [0.717, 1.165) is 61.0 Å². The highest BCUT2D eigenvalue weighted by Gasteiger charge is 2.28. The van der Waals surface area contributed by atoms with Crippen molar-refractivity contribution < 1.29 is 9.53 Å². The van der Waals surface area contributed by atoms with E-state index >= 15 is 0 Å². The number of fused-ring (bicyclic) bond motifs is 2. The Morgan fingerprint density at radius 3 is 2.55 bits per heavy atom. The van der Waals surface area contributed by atoms with Crippen LogP contribution in [0.25, 0.3) is 5.57 Å². The maximum absolute atomic E-state index is 13.2. The van der Waals surface area contributed by atoms with E-state index in [4.69, 9.17) is 16.3 Å². The molecule has 1 aliphatic heterocycles. The molecule has 1 aliphatic carbocycles. The van der Waals surface area contributed by atoms with Crippen LogP contribution in [0, 0.1) is 5.92 Å². The molecule has 0 saturated heterocycles. The number of hydrogen-bond acceptors (Lipinski definition) is 6. The zero-order valence-corrected chi connectivity index (χ0v) is 25.1. The van der Waals surface area contributed by atoms with Gasteiger partial charge in [-0.1, -0.05) is 53.5 Å². The largest absolute Gasteiger partial charge is 0.420 e.